The van der Waals surface area contributed by atoms with Gasteiger partial charge >= 0.3 is 0 Å². The first-order valence-electron chi connectivity index (χ1n) is 7.18. The third kappa shape index (κ3) is 3.49. The van der Waals surface area contributed by atoms with Crippen LogP contribution in [0.4, 0.5) is 0 Å². The maximum atomic E-state index is 13.1. The molecule has 0 radical (unpaired) electrons. The van der Waals surface area contributed by atoms with E-state index in [0.717, 1.165) is 6.42 Å². The quantitative estimate of drug-likeness (QED) is 0.773. The Morgan fingerprint density at radius 2 is 1.52 bits per heavy atom. The minimum Gasteiger partial charge on any atom is -0.253 e. The van der Waals surface area contributed by atoms with Gasteiger partial charge in [0.1, 0.15) is 4.75 Å². The maximum Gasteiger partial charge on any atom is 0.138 e. The number of hydrogen-bond donors (Lipinski definition) is 0. The Morgan fingerprint density at radius 1 is 1.05 bits per heavy atom. The fraction of sp³-hybridized carbons (Fsp3) is 0.588. The highest BCUT2D eigenvalue weighted by molar-refractivity contribution is 7.86. The van der Waals surface area contributed by atoms with E-state index in [1.807, 2.05) is 0 Å². The number of nitrogens with zero attached hydrogens (tertiary/aromatic N) is 1. The maximum absolute atomic E-state index is 13.1. The Balaban J connectivity index is 2.44. The summed E-state index contributed by atoms with van der Waals surface area (Å²) in [6, 6.07) is 9.42. The SMILES string of the molecule is CC1(C)CC(C)(C)CC(C#N)(S(=O)c2ccc(Cl)cc2)C1. The van der Waals surface area contributed by atoms with Crippen LogP contribution in [0, 0.1) is 22.2 Å². The summed E-state index contributed by atoms with van der Waals surface area (Å²) in [5, 5.41) is 10.4. The van der Waals surface area contributed by atoms with Crippen LogP contribution < -0.4 is 0 Å². The van der Waals surface area contributed by atoms with Gasteiger partial charge < -0.3 is 0 Å². The van der Waals surface area contributed by atoms with Crippen molar-refractivity contribution in [1.82, 2.24) is 0 Å². The third-order valence-corrected chi connectivity index (χ3v) is 6.11. The molecule has 1 aromatic rings. The molecule has 1 fully saturated rings. The smallest absolute Gasteiger partial charge is 0.138 e. The molecule has 0 saturated heterocycles. The fourth-order valence-corrected chi connectivity index (χ4v) is 6.15. The molecule has 21 heavy (non-hydrogen) atoms. The van der Waals surface area contributed by atoms with Crippen molar-refractivity contribution in [2.75, 3.05) is 0 Å². The van der Waals surface area contributed by atoms with E-state index in [1.165, 1.54) is 0 Å². The predicted molar refractivity (Wildman–Crippen MR) is 87.6 cm³/mol. The highest BCUT2D eigenvalue weighted by Gasteiger charge is 2.51. The molecule has 0 aromatic heterocycles. The molecule has 0 heterocycles. The van der Waals surface area contributed by atoms with Crippen molar-refractivity contribution < 1.29 is 4.21 Å². The Morgan fingerprint density at radius 3 is 1.95 bits per heavy atom. The van der Waals surface area contributed by atoms with E-state index in [2.05, 4.69) is 33.8 Å². The highest BCUT2D eigenvalue weighted by atomic mass is 35.5. The largest absolute Gasteiger partial charge is 0.253 e. The van der Waals surface area contributed by atoms with Crippen molar-refractivity contribution >= 4 is 22.4 Å². The monoisotopic (exact) mass is 323 g/mol. The zero-order valence-electron chi connectivity index (χ0n) is 13.1. The Bertz CT molecular complexity index is 582. The van der Waals surface area contributed by atoms with Gasteiger partial charge in [0.2, 0.25) is 0 Å². The molecule has 1 atom stereocenters. The molecule has 0 aliphatic heterocycles. The van der Waals surface area contributed by atoms with Crippen LogP contribution in [-0.4, -0.2) is 8.96 Å². The predicted octanol–water partition coefficient (Wildman–Crippen LogP) is 4.95. The van der Waals surface area contributed by atoms with Crippen LogP contribution in [0.2, 0.25) is 5.02 Å². The number of nitriles is 1. The second-order valence-corrected chi connectivity index (χ2v) is 9.91. The van der Waals surface area contributed by atoms with Gasteiger partial charge in [-0.05, 0) is 54.4 Å². The molecule has 0 N–H and O–H groups in total. The van der Waals surface area contributed by atoms with Gasteiger partial charge in [-0.15, -0.1) is 0 Å². The summed E-state index contributed by atoms with van der Waals surface area (Å²) in [5.74, 6) is 0. The van der Waals surface area contributed by atoms with Gasteiger partial charge in [-0.25, -0.2) is 0 Å². The summed E-state index contributed by atoms with van der Waals surface area (Å²) < 4.78 is 12.3. The minimum absolute atomic E-state index is 0.0135. The molecule has 2 rings (SSSR count). The lowest BCUT2D eigenvalue weighted by Crippen LogP contribution is -2.47. The van der Waals surface area contributed by atoms with Crippen LogP contribution in [-0.2, 0) is 10.8 Å². The van der Waals surface area contributed by atoms with E-state index in [4.69, 9.17) is 11.6 Å². The van der Waals surface area contributed by atoms with E-state index < -0.39 is 15.5 Å². The van der Waals surface area contributed by atoms with Gasteiger partial charge in [0, 0.05) is 9.92 Å². The van der Waals surface area contributed by atoms with Gasteiger partial charge in [-0.3, -0.25) is 4.21 Å². The average molecular weight is 324 g/mol. The van der Waals surface area contributed by atoms with E-state index in [9.17, 15) is 9.47 Å². The van der Waals surface area contributed by atoms with Gasteiger partial charge in [0.05, 0.1) is 16.9 Å². The molecule has 1 unspecified atom stereocenters. The Labute approximate surface area is 135 Å². The molecule has 2 nitrogen and oxygen atoms in total. The van der Waals surface area contributed by atoms with Crippen LogP contribution in [0.5, 0.6) is 0 Å². The van der Waals surface area contributed by atoms with Gasteiger partial charge in [-0.2, -0.15) is 5.26 Å². The van der Waals surface area contributed by atoms with Gasteiger partial charge in [0.15, 0.2) is 0 Å². The van der Waals surface area contributed by atoms with Gasteiger partial charge in [-0.1, -0.05) is 39.3 Å². The van der Waals surface area contributed by atoms with Crippen molar-refractivity contribution in [3.63, 3.8) is 0 Å². The summed E-state index contributed by atoms with van der Waals surface area (Å²) in [4.78, 5) is 0.689. The second-order valence-electron chi connectivity index (χ2n) is 7.69. The molecular weight excluding hydrogens is 302 g/mol. The molecular formula is C17H22ClNOS. The Kier molecular flexibility index (Phi) is 4.26. The summed E-state index contributed by atoms with van der Waals surface area (Å²) in [6.45, 7) is 8.66. The standard InChI is InChI=1S/C17H22ClNOS/c1-15(2)9-16(3,4)11-17(10-15,12-19)21(20)14-7-5-13(18)6-8-14/h5-8H,9-11H2,1-4H3. The second kappa shape index (κ2) is 5.41. The van der Waals surface area contributed by atoms with Crippen molar-refractivity contribution in [2.45, 2.75) is 56.6 Å². The molecule has 0 spiro atoms. The van der Waals surface area contributed by atoms with Crippen LogP contribution in [0.15, 0.2) is 29.2 Å². The van der Waals surface area contributed by atoms with Crippen LogP contribution in [0.3, 0.4) is 0 Å². The summed E-state index contributed by atoms with van der Waals surface area (Å²) in [6.07, 6.45) is 2.37. The molecule has 0 bridgehead atoms. The van der Waals surface area contributed by atoms with Gasteiger partial charge in [0.25, 0.3) is 0 Å². The van der Waals surface area contributed by atoms with Crippen molar-refractivity contribution in [1.29, 1.82) is 5.26 Å². The first kappa shape index (κ1) is 16.5. The number of halogens is 1. The zero-order valence-corrected chi connectivity index (χ0v) is 14.6. The molecule has 1 saturated carbocycles. The fourth-order valence-electron chi connectivity index (χ4n) is 4.06. The third-order valence-electron chi connectivity index (χ3n) is 4.07. The normalized spacial score (nSPS) is 24.0. The van der Waals surface area contributed by atoms with Crippen molar-refractivity contribution in [3.05, 3.63) is 29.3 Å². The van der Waals surface area contributed by atoms with Crippen molar-refractivity contribution in [2.24, 2.45) is 10.8 Å². The molecule has 4 heteroatoms. The molecule has 1 aromatic carbocycles. The van der Waals surface area contributed by atoms with Crippen LogP contribution >= 0.6 is 11.6 Å². The number of hydrogen-bond acceptors (Lipinski definition) is 2. The molecule has 0 amide bonds. The summed E-state index contributed by atoms with van der Waals surface area (Å²) in [5.41, 5.74) is 0.0269. The molecule has 1 aliphatic rings. The van der Waals surface area contributed by atoms with E-state index in [1.54, 1.807) is 24.3 Å². The van der Waals surface area contributed by atoms with Crippen LogP contribution in [0.25, 0.3) is 0 Å². The average Bonchev–Trinajstić information content (AvgIpc) is 2.35. The van der Waals surface area contributed by atoms with Crippen molar-refractivity contribution in [3.8, 4) is 6.07 Å². The first-order chi connectivity index (χ1) is 9.59. The lowest BCUT2D eigenvalue weighted by molar-refractivity contribution is 0.100. The highest BCUT2D eigenvalue weighted by Crippen LogP contribution is 2.52. The number of benzene rings is 1. The summed E-state index contributed by atoms with van der Waals surface area (Å²) in [7, 11) is -1.35. The van der Waals surface area contributed by atoms with E-state index in [-0.39, 0.29) is 10.8 Å². The lowest BCUT2D eigenvalue weighted by atomic mass is 9.61. The Hall–Kier alpha value is -0.850. The summed E-state index contributed by atoms with van der Waals surface area (Å²) >= 11 is 5.90. The van der Waals surface area contributed by atoms with E-state index >= 15 is 0 Å². The topological polar surface area (TPSA) is 40.9 Å². The molecule has 1 aliphatic carbocycles. The van der Waals surface area contributed by atoms with E-state index in [0.29, 0.717) is 22.8 Å². The zero-order chi connectivity index (χ0) is 15.9. The number of rotatable bonds is 2. The molecule has 114 valence electrons. The lowest BCUT2D eigenvalue weighted by Gasteiger charge is -2.48. The van der Waals surface area contributed by atoms with Crippen LogP contribution in [0.1, 0.15) is 47.0 Å². The minimum atomic E-state index is -1.35. The first-order valence-corrected chi connectivity index (χ1v) is 8.71.